The van der Waals surface area contributed by atoms with E-state index in [0.717, 1.165) is 11.3 Å². The molecule has 2 rings (SSSR count). The molecule has 0 heterocycles. The fraction of sp³-hybridized carbons (Fsp3) is 0.250. The zero-order valence-corrected chi connectivity index (χ0v) is 13.0. The fourth-order valence-corrected chi connectivity index (χ4v) is 2.69. The number of nitrogens with zero attached hydrogens (tertiary/aromatic N) is 1. The maximum Gasteiger partial charge on any atom is 0.128 e. The number of halogens is 3. The third kappa shape index (κ3) is 3.01. The van der Waals surface area contributed by atoms with E-state index in [9.17, 15) is 8.78 Å². The van der Waals surface area contributed by atoms with E-state index in [1.807, 2.05) is 24.9 Å². The molecule has 0 fully saturated rings. The summed E-state index contributed by atoms with van der Waals surface area (Å²) in [7, 11) is 1.89. The van der Waals surface area contributed by atoms with E-state index in [-0.39, 0.29) is 17.7 Å². The molecule has 4 heteroatoms. The number of benzene rings is 2. The molecule has 0 aromatic heterocycles. The summed E-state index contributed by atoms with van der Waals surface area (Å²) in [6.45, 7) is 1.93. The van der Waals surface area contributed by atoms with Gasteiger partial charge in [0.25, 0.3) is 0 Å². The Balaban J connectivity index is 2.36. The van der Waals surface area contributed by atoms with Gasteiger partial charge in [-0.15, -0.1) is 0 Å². The van der Waals surface area contributed by atoms with Crippen LogP contribution < -0.4 is 4.90 Å². The maximum atomic E-state index is 13.9. The monoisotopic (exact) mass is 339 g/mol. The topological polar surface area (TPSA) is 3.24 Å². The summed E-state index contributed by atoms with van der Waals surface area (Å²) in [5, 5.41) is 0.550. The highest BCUT2D eigenvalue weighted by Crippen LogP contribution is 2.30. The van der Waals surface area contributed by atoms with Crippen molar-refractivity contribution in [1.29, 1.82) is 0 Å². The van der Waals surface area contributed by atoms with E-state index >= 15 is 0 Å². The van der Waals surface area contributed by atoms with Crippen molar-refractivity contribution in [3.05, 3.63) is 65.2 Å². The lowest BCUT2D eigenvalue weighted by Crippen LogP contribution is -2.23. The molecule has 0 aliphatic rings. The van der Waals surface area contributed by atoms with Crippen LogP contribution in [0.4, 0.5) is 14.5 Å². The van der Waals surface area contributed by atoms with Gasteiger partial charge in [-0.2, -0.15) is 0 Å². The lowest BCUT2D eigenvalue weighted by atomic mass is 10.0. The summed E-state index contributed by atoms with van der Waals surface area (Å²) in [4.78, 5) is 1.95. The molecule has 1 atom stereocenters. The first kappa shape index (κ1) is 15.0. The predicted molar refractivity (Wildman–Crippen MR) is 82.2 cm³/mol. The van der Waals surface area contributed by atoms with Crippen molar-refractivity contribution in [2.24, 2.45) is 0 Å². The number of alkyl halides is 1. The van der Waals surface area contributed by atoms with Crippen LogP contribution in [0.3, 0.4) is 0 Å². The second-order valence-electron chi connectivity index (χ2n) is 4.72. The van der Waals surface area contributed by atoms with Crippen LogP contribution in [-0.4, -0.2) is 7.05 Å². The zero-order valence-electron chi connectivity index (χ0n) is 11.4. The highest BCUT2D eigenvalue weighted by Gasteiger charge is 2.18. The van der Waals surface area contributed by atoms with Gasteiger partial charge in [0.05, 0.1) is 6.04 Å². The Morgan fingerprint density at radius 1 is 1.15 bits per heavy atom. The minimum atomic E-state index is -0.268. The van der Waals surface area contributed by atoms with Crippen LogP contribution >= 0.6 is 15.9 Å². The zero-order chi connectivity index (χ0) is 14.7. The van der Waals surface area contributed by atoms with E-state index in [1.165, 1.54) is 18.2 Å². The standard InChI is InChI=1S/C16H16BrF2N/c1-11(14-5-3-4-6-15(14)19)20(2)16-8-7-13(18)9-12(16)10-17/h3-9,11H,10H2,1-2H3. The summed E-state index contributed by atoms with van der Waals surface area (Å²) in [6.07, 6.45) is 0. The van der Waals surface area contributed by atoms with Crippen molar-refractivity contribution >= 4 is 21.6 Å². The fourth-order valence-electron chi connectivity index (χ4n) is 2.24. The van der Waals surface area contributed by atoms with Gasteiger partial charge in [0.1, 0.15) is 11.6 Å². The minimum Gasteiger partial charge on any atom is -0.367 e. The lowest BCUT2D eigenvalue weighted by Gasteiger charge is -2.29. The van der Waals surface area contributed by atoms with Crippen LogP contribution in [0.1, 0.15) is 24.1 Å². The SMILES string of the molecule is CC(c1ccccc1F)N(C)c1ccc(F)cc1CBr. The largest absolute Gasteiger partial charge is 0.367 e. The molecule has 2 aromatic rings. The lowest BCUT2D eigenvalue weighted by molar-refractivity contribution is 0.584. The van der Waals surface area contributed by atoms with E-state index in [1.54, 1.807) is 18.2 Å². The molecular formula is C16H16BrF2N. The van der Waals surface area contributed by atoms with Crippen molar-refractivity contribution in [2.45, 2.75) is 18.3 Å². The van der Waals surface area contributed by atoms with E-state index in [4.69, 9.17) is 0 Å². The van der Waals surface area contributed by atoms with Crippen LogP contribution in [-0.2, 0) is 5.33 Å². The van der Waals surface area contributed by atoms with Gasteiger partial charge >= 0.3 is 0 Å². The molecule has 0 radical (unpaired) electrons. The van der Waals surface area contributed by atoms with Crippen LogP contribution in [0.25, 0.3) is 0 Å². The van der Waals surface area contributed by atoms with Gasteiger partial charge in [-0.05, 0) is 36.8 Å². The molecule has 1 nitrogen and oxygen atoms in total. The number of rotatable bonds is 4. The molecule has 1 unspecified atom stereocenters. The first-order valence-corrected chi connectivity index (χ1v) is 7.48. The summed E-state index contributed by atoms with van der Waals surface area (Å²) in [6, 6.07) is 11.2. The van der Waals surface area contributed by atoms with E-state index in [0.29, 0.717) is 10.9 Å². The van der Waals surface area contributed by atoms with Crippen LogP contribution in [0.2, 0.25) is 0 Å². The first-order chi connectivity index (χ1) is 9.54. The maximum absolute atomic E-state index is 13.9. The molecule has 0 spiro atoms. The summed E-state index contributed by atoms with van der Waals surface area (Å²) < 4.78 is 27.2. The van der Waals surface area contributed by atoms with Gasteiger partial charge in [0.2, 0.25) is 0 Å². The Morgan fingerprint density at radius 3 is 2.50 bits per heavy atom. The van der Waals surface area contributed by atoms with Crippen molar-refractivity contribution in [2.75, 3.05) is 11.9 Å². The van der Waals surface area contributed by atoms with Gasteiger partial charge in [-0.3, -0.25) is 0 Å². The summed E-state index contributed by atoms with van der Waals surface area (Å²) in [5.74, 6) is -0.496. The minimum absolute atomic E-state index is 0.139. The molecule has 0 N–H and O–H groups in total. The highest BCUT2D eigenvalue weighted by molar-refractivity contribution is 9.08. The average Bonchev–Trinajstić information content (AvgIpc) is 2.46. The Hall–Kier alpha value is -1.42. The summed E-state index contributed by atoms with van der Waals surface area (Å²) in [5.41, 5.74) is 2.36. The third-order valence-electron chi connectivity index (χ3n) is 3.50. The second kappa shape index (κ2) is 6.35. The molecule has 0 aliphatic carbocycles. The quantitative estimate of drug-likeness (QED) is 0.704. The third-order valence-corrected chi connectivity index (χ3v) is 4.11. The van der Waals surface area contributed by atoms with Gasteiger partial charge < -0.3 is 4.90 Å². The number of anilines is 1. The predicted octanol–water partition coefficient (Wildman–Crippen LogP) is 5.06. The van der Waals surface area contributed by atoms with Gasteiger partial charge in [-0.25, -0.2) is 8.78 Å². The van der Waals surface area contributed by atoms with E-state index < -0.39 is 0 Å². The molecule has 20 heavy (non-hydrogen) atoms. The number of hydrogen-bond donors (Lipinski definition) is 0. The van der Waals surface area contributed by atoms with Crippen LogP contribution in [0.5, 0.6) is 0 Å². The Morgan fingerprint density at radius 2 is 1.85 bits per heavy atom. The second-order valence-corrected chi connectivity index (χ2v) is 5.28. The van der Waals surface area contributed by atoms with Gasteiger partial charge in [0, 0.05) is 23.6 Å². The van der Waals surface area contributed by atoms with E-state index in [2.05, 4.69) is 15.9 Å². The van der Waals surface area contributed by atoms with Crippen molar-refractivity contribution < 1.29 is 8.78 Å². The van der Waals surface area contributed by atoms with Crippen molar-refractivity contribution in [1.82, 2.24) is 0 Å². The molecule has 0 bridgehead atoms. The van der Waals surface area contributed by atoms with Gasteiger partial charge in [0.15, 0.2) is 0 Å². The average molecular weight is 340 g/mol. The summed E-state index contributed by atoms with van der Waals surface area (Å²) >= 11 is 3.36. The Kier molecular flexibility index (Phi) is 4.76. The first-order valence-electron chi connectivity index (χ1n) is 6.36. The molecule has 0 saturated carbocycles. The molecule has 106 valence electrons. The Bertz CT molecular complexity index is 601. The molecule has 0 aliphatic heterocycles. The molecule has 0 amide bonds. The molecule has 2 aromatic carbocycles. The number of hydrogen-bond acceptors (Lipinski definition) is 1. The van der Waals surface area contributed by atoms with Crippen molar-refractivity contribution in [3.63, 3.8) is 0 Å². The smallest absolute Gasteiger partial charge is 0.128 e. The highest BCUT2D eigenvalue weighted by atomic mass is 79.9. The van der Waals surface area contributed by atoms with Crippen LogP contribution in [0.15, 0.2) is 42.5 Å². The molecular weight excluding hydrogens is 324 g/mol. The normalized spacial score (nSPS) is 12.2. The van der Waals surface area contributed by atoms with Crippen LogP contribution in [0, 0.1) is 11.6 Å². The molecule has 0 saturated heterocycles. The Labute approximate surface area is 126 Å². The van der Waals surface area contributed by atoms with Crippen molar-refractivity contribution in [3.8, 4) is 0 Å². The van der Waals surface area contributed by atoms with Gasteiger partial charge in [-0.1, -0.05) is 34.1 Å².